The molecule has 0 fully saturated rings. The van der Waals surface area contributed by atoms with E-state index in [1.807, 2.05) is 42.5 Å². The third-order valence-corrected chi connectivity index (χ3v) is 3.98. The van der Waals surface area contributed by atoms with Crippen LogP contribution >= 0.6 is 11.5 Å². The Morgan fingerprint density at radius 2 is 1.65 bits per heavy atom. The lowest BCUT2D eigenvalue weighted by molar-refractivity contribution is 0.104. The van der Waals surface area contributed by atoms with Crippen LogP contribution in [0.15, 0.2) is 42.5 Å². The van der Waals surface area contributed by atoms with Gasteiger partial charge in [0.15, 0.2) is 5.78 Å². The molecule has 3 aromatic rings. The molecule has 2 nitrogen and oxygen atoms in total. The second-order valence-corrected chi connectivity index (χ2v) is 4.89. The molecule has 0 atom stereocenters. The Hall–Kier alpha value is -2.00. The van der Waals surface area contributed by atoms with E-state index < -0.39 is 0 Å². The third-order valence-electron chi connectivity index (χ3n) is 3.17. The van der Waals surface area contributed by atoms with E-state index in [4.69, 9.17) is 0 Å². The Morgan fingerprint density at radius 3 is 2.53 bits per heavy atom. The number of ketones is 1. The molecular weight excluding hydrogens is 230 g/mol. The van der Waals surface area contributed by atoms with Gasteiger partial charge in [-0.25, -0.2) is 0 Å². The zero-order valence-corrected chi connectivity index (χ0v) is 9.62. The Balaban J connectivity index is 2.27. The van der Waals surface area contributed by atoms with E-state index in [0.29, 0.717) is 0 Å². The zero-order chi connectivity index (χ0) is 11.4. The van der Waals surface area contributed by atoms with Gasteiger partial charge < -0.3 is 0 Å². The smallest absolute Gasteiger partial charge is 0.194 e. The van der Waals surface area contributed by atoms with Crippen molar-refractivity contribution >= 4 is 27.4 Å². The van der Waals surface area contributed by atoms with E-state index in [2.05, 4.69) is 4.37 Å². The number of benzene rings is 2. The van der Waals surface area contributed by atoms with Gasteiger partial charge >= 0.3 is 0 Å². The van der Waals surface area contributed by atoms with Crippen LogP contribution in [0.2, 0.25) is 0 Å². The van der Waals surface area contributed by atoms with Crippen molar-refractivity contribution in [3.8, 4) is 11.3 Å². The van der Waals surface area contributed by atoms with Crippen LogP contribution in [0, 0.1) is 0 Å². The van der Waals surface area contributed by atoms with Crippen LogP contribution in [0.4, 0.5) is 0 Å². The molecule has 2 aromatic carbocycles. The number of carbonyl (C=O) groups excluding carboxylic acids is 1. The van der Waals surface area contributed by atoms with E-state index in [1.165, 1.54) is 11.5 Å². The summed E-state index contributed by atoms with van der Waals surface area (Å²) in [7, 11) is 0. The van der Waals surface area contributed by atoms with Gasteiger partial charge in [0.1, 0.15) is 0 Å². The van der Waals surface area contributed by atoms with E-state index in [1.54, 1.807) is 0 Å². The normalized spacial score (nSPS) is 12.8. The highest BCUT2D eigenvalue weighted by atomic mass is 32.1. The van der Waals surface area contributed by atoms with E-state index >= 15 is 0 Å². The number of aromatic nitrogens is 1. The minimum Gasteiger partial charge on any atom is -0.289 e. The van der Waals surface area contributed by atoms with Gasteiger partial charge in [-0.15, -0.1) is 0 Å². The summed E-state index contributed by atoms with van der Waals surface area (Å²) in [6, 6.07) is 13.5. The molecule has 0 amide bonds. The van der Waals surface area contributed by atoms with E-state index in [0.717, 1.165) is 32.5 Å². The molecule has 3 heteroatoms. The lowest BCUT2D eigenvalue weighted by Gasteiger charge is -2.14. The number of carbonyl (C=O) groups is 1. The van der Waals surface area contributed by atoms with Crippen LogP contribution in [0.1, 0.15) is 15.9 Å². The second kappa shape index (κ2) is 3.02. The molecule has 0 bridgehead atoms. The summed E-state index contributed by atoms with van der Waals surface area (Å²) in [5, 5.41) is 1.02. The molecule has 0 unspecified atom stereocenters. The Morgan fingerprint density at radius 1 is 0.882 bits per heavy atom. The minimum atomic E-state index is 0.110. The van der Waals surface area contributed by atoms with Crippen LogP contribution in [-0.2, 0) is 0 Å². The second-order valence-electron chi connectivity index (χ2n) is 4.08. The maximum absolute atomic E-state index is 12.4. The number of hydrogen-bond donors (Lipinski definition) is 0. The largest absolute Gasteiger partial charge is 0.289 e. The molecule has 0 N–H and O–H groups in total. The summed E-state index contributed by atoms with van der Waals surface area (Å²) >= 11 is 1.46. The van der Waals surface area contributed by atoms with E-state index in [9.17, 15) is 4.79 Å². The van der Waals surface area contributed by atoms with Crippen molar-refractivity contribution in [2.45, 2.75) is 0 Å². The van der Waals surface area contributed by atoms with Crippen LogP contribution < -0.4 is 0 Å². The van der Waals surface area contributed by atoms with Gasteiger partial charge in [0.25, 0.3) is 0 Å². The van der Waals surface area contributed by atoms with Crippen molar-refractivity contribution in [3.63, 3.8) is 0 Å². The molecule has 4 rings (SSSR count). The molecule has 0 saturated carbocycles. The highest BCUT2D eigenvalue weighted by molar-refractivity contribution is 7.13. The number of rotatable bonds is 0. The fraction of sp³-hybridized carbons (Fsp3) is 0. The first-order valence-corrected chi connectivity index (χ1v) is 6.16. The Bertz CT molecular complexity index is 773. The van der Waals surface area contributed by atoms with Gasteiger partial charge in [-0.05, 0) is 17.6 Å². The van der Waals surface area contributed by atoms with Crippen LogP contribution in [-0.4, -0.2) is 10.2 Å². The van der Waals surface area contributed by atoms with Crippen molar-refractivity contribution in [3.05, 3.63) is 53.6 Å². The van der Waals surface area contributed by atoms with E-state index in [-0.39, 0.29) is 5.78 Å². The first-order valence-electron chi connectivity index (χ1n) is 5.39. The van der Waals surface area contributed by atoms with Gasteiger partial charge in [-0.2, -0.15) is 4.37 Å². The third kappa shape index (κ3) is 1.04. The van der Waals surface area contributed by atoms with Gasteiger partial charge in [0, 0.05) is 22.1 Å². The summed E-state index contributed by atoms with van der Waals surface area (Å²) in [4.78, 5) is 12.4. The summed E-state index contributed by atoms with van der Waals surface area (Å²) in [6.45, 7) is 0. The van der Waals surface area contributed by atoms with Gasteiger partial charge in [0.05, 0.1) is 10.4 Å². The lowest BCUT2D eigenvalue weighted by Crippen LogP contribution is -2.08. The predicted octanol–water partition coefficient (Wildman–Crippen LogP) is 3.51. The minimum absolute atomic E-state index is 0.110. The van der Waals surface area contributed by atoms with Crippen molar-refractivity contribution in [1.29, 1.82) is 0 Å². The molecule has 17 heavy (non-hydrogen) atoms. The van der Waals surface area contributed by atoms with Gasteiger partial charge in [0.2, 0.25) is 0 Å². The fourth-order valence-electron chi connectivity index (χ4n) is 2.40. The van der Waals surface area contributed by atoms with Crippen molar-refractivity contribution in [2.75, 3.05) is 0 Å². The fourth-order valence-corrected chi connectivity index (χ4v) is 3.21. The molecule has 0 aliphatic heterocycles. The van der Waals surface area contributed by atoms with Gasteiger partial charge in [-0.1, -0.05) is 36.4 Å². The molecule has 0 radical (unpaired) electrons. The summed E-state index contributed by atoms with van der Waals surface area (Å²) in [5.41, 5.74) is 3.46. The predicted molar refractivity (Wildman–Crippen MR) is 68.5 cm³/mol. The van der Waals surface area contributed by atoms with Crippen molar-refractivity contribution in [2.24, 2.45) is 0 Å². The average Bonchev–Trinajstić information content (AvgIpc) is 2.81. The highest BCUT2D eigenvalue weighted by Crippen LogP contribution is 2.40. The molecule has 1 heterocycles. The molecule has 0 saturated heterocycles. The Kier molecular flexibility index (Phi) is 1.61. The number of hydrogen-bond acceptors (Lipinski definition) is 3. The maximum Gasteiger partial charge on any atom is 0.194 e. The monoisotopic (exact) mass is 237 g/mol. The van der Waals surface area contributed by atoms with Crippen LogP contribution in [0.25, 0.3) is 21.3 Å². The first kappa shape index (κ1) is 9.07. The standard InChI is InChI=1S/C14H7NOS/c16-14-9-5-2-1-4-8(9)13-12-10(14)6-3-7-11(12)17-15-13/h1-7H. The van der Waals surface area contributed by atoms with Crippen LogP contribution in [0.5, 0.6) is 0 Å². The summed E-state index contributed by atoms with van der Waals surface area (Å²) in [5.74, 6) is 0.110. The zero-order valence-electron chi connectivity index (χ0n) is 8.81. The highest BCUT2D eigenvalue weighted by Gasteiger charge is 2.26. The number of fused-ring (bicyclic) bond motifs is 2. The quantitative estimate of drug-likeness (QED) is 0.468. The topological polar surface area (TPSA) is 30.0 Å². The summed E-state index contributed by atoms with van der Waals surface area (Å²) < 4.78 is 5.57. The lowest BCUT2D eigenvalue weighted by atomic mass is 9.88. The average molecular weight is 237 g/mol. The van der Waals surface area contributed by atoms with Crippen molar-refractivity contribution in [1.82, 2.24) is 4.37 Å². The molecule has 1 aromatic heterocycles. The maximum atomic E-state index is 12.4. The molecular formula is C14H7NOS. The number of nitrogens with zero attached hydrogens (tertiary/aromatic N) is 1. The molecule has 0 spiro atoms. The molecule has 1 aliphatic carbocycles. The van der Waals surface area contributed by atoms with Crippen molar-refractivity contribution < 1.29 is 4.79 Å². The van der Waals surface area contributed by atoms with Crippen LogP contribution in [0.3, 0.4) is 0 Å². The Labute approximate surface area is 102 Å². The molecule has 80 valence electrons. The SMILES string of the molecule is O=C1c2ccccc2-c2nsc3cccc1c23. The first-order chi connectivity index (χ1) is 8.36. The van der Waals surface area contributed by atoms with Gasteiger partial charge in [-0.3, -0.25) is 4.79 Å². The molecule has 1 aliphatic rings. The summed E-state index contributed by atoms with van der Waals surface area (Å²) in [6.07, 6.45) is 0.